The fourth-order valence-corrected chi connectivity index (χ4v) is 2.64. The van der Waals surface area contributed by atoms with Crippen molar-refractivity contribution in [3.63, 3.8) is 0 Å². The highest BCUT2D eigenvalue weighted by Gasteiger charge is 2.26. The summed E-state index contributed by atoms with van der Waals surface area (Å²) in [5, 5.41) is 8.93. The number of carbonyl (C=O) groups is 1. The number of pyridine rings is 1. The van der Waals surface area contributed by atoms with E-state index in [1.165, 1.54) is 0 Å². The lowest BCUT2D eigenvalue weighted by Crippen LogP contribution is -2.50. The van der Waals surface area contributed by atoms with Gasteiger partial charge in [0.15, 0.2) is 0 Å². The lowest BCUT2D eigenvalue weighted by atomic mass is 10.1. The topological polar surface area (TPSA) is 61.5 Å². The summed E-state index contributed by atoms with van der Waals surface area (Å²) in [4.78, 5) is 19.8. The van der Waals surface area contributed by atoms with Crippen molar-refractivity contribution in [1.29, 1.82) is 5.26 Å². The zero-order valence-corrected chi connectivity index (χ0v) is 12.2. The van der Waals surface area contributed by atoms with Crippen LogP contribution in [-0.4, -0.2) is 37.0 Å². The largest absolute Gasteiger partial charge is 0.331 e. The Morgan fingerprint density at radius 1 is 1.09 bits per heavy atom. The molecule has 1 amide bonds. The van der Waals surface area contributed by atoms with Gasteiger partial charge in [0.05, 0.1) is 30.9 Å². The van der Waals surface area contributed by atoms with Gasteiger partial charge in [-0.1, -0.05) is 12.1 Å². The van der Waals surface area contributed by atoms with Crippen LogP contribution in [0.2, 0.25) is 0 Å². The van der Waals surface area contributed by atoms with Crippen LogP contribution < -0.4 is 9.88 Å². The van der Waals surface area contributed by atoms with Gasteiger partial charge in [0.2, 0.25) is 0 Å². The number of rotatable bonds is 2. The zero-order chi connectivity index (χ0) is 15.4. The fraction of sp³-hybridized carbons (Fsp3) is 0.235. The van der Waals surface area contributed by atoms with Crippen molar-refractivity contribution >= 4 is 11.7 Å². The normalized spacial score (nSPS) is 14.5. The minimum Gasteiger partial charge on any atom is -0.331 e. The van der Waals surface area contributed by atoms with E-state index in [4.69, 9.17) is 5.26 Å². The Labute approximate surface area is 129 Å². The fourth-order valence-electron chi connectivity index (χ4n) is 2.64. The maximum atomic E-state index is 12.5. The second kappa shape index (κ2) is 6.27. The van der Waals surface area contributed by atoms with Crippen LogP contribution in [0.3, 0.4) is 0 Å². The smallest absolute Gasteiger partial charge is 0.274 e. The van der Waals surface area contributed by atoms with Gasteiger partial charge in [0, 0.05) is 11.6 Å². The lowest BCUT2D eigenvalue weighted by Gasteiger charge is -2.31. The Balaban J connectivity index is 1.66. The van der Waals surface area contributed by atoms with Gasteiger partial charge < -0.3 is 4.90 Å². The maximum absolute atomic E-state index is 12.5. The molecule has 22 heavy (non-hydrogen) atoms. The number of hydrogen-bond acceptors (Lipinski definition) is 3. The molecular formula is C17H17N4O+. The number of H-pyrrole nitrogens is 1. The second-order valence-electron chi connectivity index (χ2n) is 5.22. The first kappa shape index (κ1) is 14.1. The number of benzene rings is 1. The van der Waals surface area contributed by atoms with Crippen molar-refractivity contribution in [2.75, 3.05) is 31.1 Å². The van der Waals surface area contributed by atoms with E-state index in [2.05, 4.69) is 16.0 Å². The molecule has 1 saturated heterocycles. The molecular weight excluding hydrogens is 276 g/mol. The Morgan fingerprint density at radius 3 is 2.59 bits per heavy atom. The molecule has 1 fully saturated rings. The van der Waals surface area contributed by atoms with Crippen LogP contribution in [-0.2, 0) is 0 Å². The van der Waals surface area contributed by atoms with E-state index in [-0.39, 0.29) is 5.91 Å². The summed E-state index contributed by atoms with van der Waals surface area (Å²) in [6, 6.07) is 14.9. The van der Waals surface area contributed by atoms with Crippen molar-refractivity contribution in [1.82, 2.24) is 4.90 Å². The Kier molecular flexibility index (Phi) is 4.01. The molecule has 0 bridgehead atoms. The van der Waals surface area contributed by atoms with Crippen LogP contribution in [0.5, 0.6) is 0 Å². The summed E-state index contributed by atoms with van der Waals surface area (Å²) < 4.78 is 0. The predicted molar refractivity (Wildman–Crippen MR) is 82.3 cm³/mol. The Bertz CT molecular complexity index is 700. The molecule has 0 radical (unpaired) electrons. The number of amides is 1. The summed E-state index contributed by atoms with van der Waals surface area (Å²) in [5.41, 5.74) is 1.10. The Hall–Kier alpha value is -2.87. The van der Waals surface area contributed by atoms with Crippen LogP contribution in [0.4, 0.5) is 5.82 Å². The first-order chi connectivity index (χ1) is 10.8. The molecule has 0 unspecified atom stereocenters. The number of anilines is 1. The van der Waals surface area contributed by atoms with Crippen LogP contribution in [0.15, 0.2) is 48.7 Å². The van der Waals surface area contributed by atoms with E-state index in [9.17, 15) is 4.79 Å². The predicted octanol–water partition coefficient (Wildman–Crippen LogP) is 1.33. The second-order valence-corrected chi connectivity index (χ2v) is 5.22. The van der Waals surface area contributed by atoms with E-state index < -0.39 is 0 Å². The summed E-state index contributed by atoms with van der Waals surface area (Å²) in [6.07, 6.45) is 1.90. The first-order valence-corrected chi connectivity index (χ1v) is 7.29. The van der Waals surface area contributed by atoms with Crippen LogP contribution in [0.25, 0.3) is 0 Å². The van der Waals surface area contributed by atoms with Gasteiger partial charge in [0.1, 0.15) is 13.1 Å². The van der Waals surface area contributed by atoms with Crippen LogP contribution >= 0.6 is 0 Å². The summed E-state index contributed by atoms with van der Waals surface area (Å²) in [7, 11) is 0. The van der Waals surface area contributed by atoms with Gasteiger partial charge in [-0.25, -0.2) is 4.98 Å². The molecule has 2 heterocycles. The quantitative estimate of drug-likeness (QED) is 0.839. The molecule has 1 aromatic carbocycles. The molecule has 1 N–H and O–H groups in total. The molecule has 1 aliphatic heterocycles. The summed E-state index contributed by atoms with van der Waals surface area (Å²) >= 11 is 0. The first-order valence-electron chi connectivity index (χ1n) is 7.29. The molecule has 2 aromatic rings. The third-order valence-corrected chi connectivity index (χ3v) is 3.84. The summed E-state index contributed by atoms with van der Waals surface area (Å²) in [6.45, 7) is 2.95. The minimum atomic E-state index is -0.00575. The highest BCUT2D eigenvalue weighted by molar-refractivity contribution is 5.94. The number of nitriles is 1. The van der Waals surface area contributed by atoms with Crippen LogP contribution in [0.1, 0.15) is 15.9 Å². The van der Waals surface area contributed by atoms with E-state index in [0.29, 0.717) is 24.2 Å². The van der Waals surface area contributed by atoms with E-state index in [1.54, 1.807) is 24.3 Å². The van der Waals surface area contributed by atoms with Gasteiger partial charge in [-0.05, 0) is 24.3 Å². The van der Waals surface area contributed by atoms with Gasteiger partial charge in [-0.3, -0.25) is 9.69 Å². The molecule has 5 nitrogen and oxygen atoms in total. The highest BCUT2D eigenvalue weighted by Crippen LogP contribution is 2.13. The number of aromatic nitrogens is 1. The van der Waals surface area contributed by atoms with E-state index in [0.717, 1.165) is 18.9 Å². The maximum Gasteiger partial charge on any atom is 0.274 e. The third kappa shape index (κ3) is 2.91. The molecule has 1 aromatic heterocycles. The molecule has 1 aliphatic rings. The van der Waals surface area contributed by atoms with Crippen molar-refractivity contribution in [2.45, 2.75) is 0 Å². The third-order valence-electron chi connectivity index (χ3n) is 3.84. The van der Waals surface area contributed by atoms with Gasteiger partial charge in [-0.2, -0.15) is 5.26 Å². The zero-order valence-electron chi connectivity index (χ0n) is 12.2. The van der Waals surface area contributed by atoms with Crippen molar-refractivity contribution < 1.29 is 9.78 Å². The molecule has 0 saturated carbocycles. The monoisotopic (exact) mass is 293 g/mol. The number of nitrogens with one attached hydrogen (secondary N) is 1. The number of piperazine rings is 1. The molecule has 0 spiro atoms. The van der Waals surface area contributed by atoms with Gasteiger partial charge in [0.25, 0.3) is 11.7 Å². The standard InChI is InChI=1S/C17H16N4O/c18-13-14-4-3-5-15(12-14)17(22)21-10-8-20(9-11-21)16-6-1-2-7-19-16/h1-7,12H,8-11H2/p+1. The highest BCUT2D eigenvalue weighted by atomic mass is 16.2. The molecule has 3 rings (SSSR count). The Morgan fingerprint density at radius 2 is 1.91 bits per heavy atom. The average Bonchev–Trinajstić information content (AvgIpc) is 2.62. The van der Waals surface area contributed by atoms with Crippen LogP contribution in [0, 0.1) is 11.3 Å². The number of aromatic amines is 1. The summed E-state index contributed by atoms with van der Waals surface area (Å²) in [5.74, 6) is 1.06. The lowest BCUT2D eigenvalue weighted by molar-refractivity contribution is -0.364. The number of nitrogens with zero attached hydrogens (tertiary/aromatic N) is 3. The average molecular weight is 293 g/mol. The van der Waals surface area contributed by atoms with E-state index >= 15 is 0 Å². The number of hydrogen-bond donors (Lipinski definition) is 0. The minimum absolute atomic E-state index is 0.00575. The molecule has 5 heteroatoms. The number of carbonyl (C=O) groups excluding carboxylic acids is 1. The SMILES string of the molecule is N#Cc1cccc(C(=O)N2CCN(c3cccc[nH+]3)CC2)c1. The van der Waals surface area contributed by atoms with Gasteiger partial charge in [-0.15, -0.1) is 0 Å². The molecule has 0 atom stereocenters. The van der Waals surface area contributed by atoms with Crippen molar-refractivity contribution in [2.24, 2.45) is 0 Å². The van der Waals surface area contributed by atoms with Crippen molar-refractivity contribution in [3.05, 3.63) is 59.8 Å². The molecule has 110 valence electrons. The molecule has 0 aliphatic carbocycles. The van der Waals surface area contributed by atoms with E-state index in [1.807, 2.05) is 29.3 Å². The van der Waals surface area contributed by atoms with Crippen molar-refractivity contribution in [3.8, 4) is 6.07 Å². The van der Waals surface area contributed by atoms with Gasteiger partial charge >= 0.3 is 0 Å².